The fourth-order valence-corrected chi connectivity index (χ4v) is 3.57. The van der Waals surface area contributed by atoms with Gasteiger partial charge >= 0.3 is 0 Å². The van der Waals surface area contributed by atoms with Gasteiger partial charge in [-0.3, -0.25) is 14.9 Å². The van der Waals surface area contributed by atoms with Crippen LogP contribution in [-0.4, -0.2) is 17.4 Å². The number of non-ortho nitro benzene ring substituents is 1. The van der Waals surface area contributed by atoms with Gasteiger partial charge in [0.05, 0.1) is 10.3 Å². The Bertz CT molecular complexity index is 518. The molecule has 1 saturated heterocycles. The average Bonchev–Trinajstić information content (AvgIpc) is 3.01. The van der Waals surface area contributed by atoms with Crippen LogP contribution in [0.3, 0.4) is 0 Å². The molecular formula is C14H16N2O3. The number of amides is 1. The fraction of sp³-hybridized carbons (Fsp3) is 0.500. The van der Waals surface area contributed by atoms with Crippen molar-refractivity contribution in [2.45, 2.75) is 31.6 Å². The smallest absolute Gasteiger partial charge is 0.269 e. The van der Waals surface area contributed by atoms with Crippen molar-refractivity contribution in [3.63, 3.8) is 0 Å². The van der Waals surface area contributed by atoms with E-state index >= 15 is 0 Å². The van der Waals surface area contributed by atoms with Crippen LogP contribution in [0.4, 0.5) is 5.69 Å². The Balaban J connectivity index is 1.93. The molecule has 0 bridgehead atoms. The quantitative estimate of drug-likeness (QED) is 0.655. The highest BCUT2D eigenvalue weighted by molar-refractivity contribution is 5.86. The van der Waals surface area contributed by atoms with Crippen LogP contribution in [-0.2, 0) is 4.79 Å². The van der Waals surface area contributed by atoms with Gasteiger partial charge in [0.25, 0.3) is 5.69 Å². The molecule has 3 rings (SSSR count). The molecule has 19 heavy (non-hydrogen) atoms. The van der Waals surface area contributed by atoms with Crippen LogP contribution >= 0.6 is 0 Å². The van der Waals surface area contributed by atoms with Gasteiger partial charge < -0.3 is 5.32 Å². The molecular weight excluding hydrogens is 244 g/mol. The summed E-state index contributed by atoms with van der Waals surface area (Å²) in [5, 5.41) is 13.6. The second-order valence-electron chi connectivity index (χ2n) is 5.47. The molecule has 2 fully saturated rings. The molecule has 0 unspecified atom stereocenters. The van der Waals surface area contributed by atoms with Crippen molar-refractivity contribution in [1.29, 1.82) is 0 Å². The SMILES string of the molecule is O=C1NC[C@H](c2ccc([N+](=O)[O-])cc2)C12CCCC2. The lowest BCUT2D eigenvalue weighted by molar-refractivity contribution is -0.384. The van der Waals surface area contributed by atoms with E-state index in [0.29, 0.717) is 6.54 Å². The molecule has 5 nitrogen and oxygen atoms in total. The van der Waals surface area contributed by atoms with E-state index in [0.717, 1.165) is 31.2 Å². The summed E-state index contributed by atoms with van der Waals surface area (Å²) < 4.78 is 0. The van der Waals surface area contributed by atoms with Crippen LogP contribution in [0.1, 0.15) is 37.2 Å². The zero-order valence-electron chi connectivity index (χ0n) is 10.6. The van der Waals surface area contributed by atoms with Gasteiger partial charge in [-0.1, -0.05) is 25.0 Å². The molecule has 1 spiro atoms. The van der Waals surface area contributed by atoms with Crippen LogP contribution in [0.5, 0.6) is 0 Å². The molecule has 5 heteroatoms. The van der Waals surface area contributed by atoms with Crippen LogP contribution in [0.2, 0.25) is 0 Å². The first kappa shape index (κ1) is 12.1. The van der Waals surface area contributed by atoms with E-state index in [9.17, 15) is 14.9 Å². The first-order valence-electron chi connectivity index (χ1n) is 6.66. The first-order valence-corrected chi connectivity index (χ1v) is 6.66. The van der Waals surface area contributed by atoms with E-state index in [-0.39, 0.29) is 22.9 Å². The molecule has 0 aromatic heterocycles. The Morgan fingerprint density at radius 3 is 2.42 bits per heavy atom. The number of nitrogens with zero attached hydrogens (tertiary/aromatic N) is 1. The zero-order chi connectivity index (χ0) is 13.5. The molecule has 1 heterocycles. The third-order valence-corrected chi connectivity index (χ3v) is 4.59. The van der Waals surface area contributed by atoms with Gasteiger partial charge in [-0.15, -0.1) is 0 Å². The van der Waals surface area contributed by atoms with E-state index in [1.807, 2.05) is 0 Å². The molecule has 1 aromatic carbocycles. The average molecular weight is 260 g/mol. The van der Waals surface area contributed by atoms with Crippen molar-refractivity contribution in [1.82, 2.24) is 5.32 Å². The van der Waals surface area contributed by atoms with Gasteiger partial charge in [-0.25, -0.2) is 0 Å². The Hall–Kier alpha value is -1.91. The van der Waals surface area contributed by atoms with Crippen molar-refractivity contribution in [3.8, 4) is 0 Å². The summed E-state index contributed by atoms with van der Waals surface area (Å²) in [6, 6.07) is 6.65. The normalized spacial score (nSPS) is 24.6. The maximum absolute atomic E-state index is 12.1. The highest BCUT2D eigenvalue weighted by Crippen LogP contribution is 2.51. The largest absolute Gasteiger partial charge is 0.355 e. The van der Waals surface area contributed by atoms with Gasteiger partial charge in [0.15, 0.2) is 0 Å². The van der Waals surface area contributed by atoms with Gasteiger partial charge in [0.1, 0.15) is 0 Å². The number of hydrogen-bond acceptors (Lipinski definition) is 3. The maximum Gasteiger partial charge on any atom is 0.269 e. The van der Waals surface area contributed by atoms with Crippen LogP contribution in [0.15, 0.2) is 24.3 Å². The number of hydrogen-bond donors (Lipinski definition) is 1. The lowest BCUT2D eigenvalue weighted by Gasteiger charge is -2.27. The fourth-order valence-electron chi connectivity index (χ4n) is 3.57. The van der Waals surface area contributed by atoms with Gasteiger partial charge in [-0.2, -0.15) is 0 Å². The monoisotopic (exact) mass is 260 g/mol. The van der Waals surface area contributed by atoms with E-state index in [1.54, 1.807) is 12.1 Å². The molecule has 1 aromatic rings. The molecule has 100 valence electrons. The van der Waals surface area contributed by atoms with Crippen molar-refractivity contribution in [2.24, 2.45) is 5.41 Å². The second kappa shape index (κ2) is 4.33. The number of nitrogens with one attached hydrogen (secondary N) is 1. The predicted molar refractivity (Wildman–Crippen MR) is 69.7 cm³/mol. The Morgan fingerprint density at radius 1 is 1.21 bits per heavy atom. The molecule has 1 aliphatic carbocycles. The van der Waals surface area contributed by atoms with Crippen molar-refractivity contribution >= 4 is 11.6 Å². The van der Waals surface area contributed by atoms with Crippen LogP contribution in [0.25, 0.3) is 0 Å². The highest BCUT2D eigenvalue weighted by Gasteiger charge is 2.51. The minimum Gasteiger partial charge on any atom is -0.355 e. The topological polar surface area (TPSA) is 72.2 Å². The highest BCUT2D eigenvalue weighted by atomic mass is 16.6. The van der Waals surface area contributed by atoms with Gasteiger partial charge in [-0.05, 0) is 18.4 Å². The minimum atomic E-state index is -0.396. The van der Waals surface area contributed by atoms with E-state index in [4.69, 9.17) is 0 Å². The standard InChI is InChI=1S/C14H16N2O3/c17-13-14(7-1-2-8-14)12(9-15-13)10-3-5-11(6-4-10)16(18)19/h3-6,12H,1-2,7-9H2,(H,15,17)/t12-/m1/s1. The van der Waals surface area contributed by atoms with E-state index in [2.05, 4.69) is 5.32 Å². The summed E-state index contributed by atoms with van der Waals surface area (Å²) in [6.07, 6.45) is 4.05. The molecule has 1 N–H and O–H groups in total. The van der Waals surface area contributed by atoms with E-state index < -0.39 is 4.92 Å². The number of benzene rings is 1. The summed E-state index contributed by atoms with van der Waals surface area (Å²) >= 11 is 0. The van der Waals surface area contributed by atoms with Gasteiger partial charge in [0.2, 0.25) is 5.91 Å². The Morgan fingerprint density at radius 2 is 1.84 bits per heavy atom. The lowest BCUT2D eigenvalue weighted by Crippen LogP contribution is -2.31. The number of nitro groups is 1. The maximum atomic E-state index is 12.1. The predicted octanol–water partition coefficient (Wildman–Crippen LogP) is 2.37. The summed E-state index contributed by atoms with van der Waals surface area (Å²) in [5.41, 5.74) is 0.864. The van der Waals surface area contributed by atoms with Crippen molar-refractivity contribution in [3.05, 3.63) is 39.9 Å². The summed E-state index contributed by atoms with van der Waals surface area (Å²) in [6.45, 7) is 0.649. The molecule has 1 amide bonds. The van der Waals surface area contributed by atoms with Crippen molar-refractivity contribution < 1.29 is 9.72 Å². The number of rotatable bonds is 2. The van der Waals surface area contributed by atoms with Crippen LogP contribution in [0, 0.1) is 15.5 Å². The van der Waals surface area contributed by atoms with Crippen molar-refractivity contribution in [2.75, 3.05) is 6.54 Å². The van der Waals surface area contributed by atoms with Gasteiger partial charge in [0, 0.05) is 24.6 Å². The second-order valence-corrected chi connectivity index (χ2v) is 5.47. The molecule has 2 aliphatic rings. The minimum absolute atomic E-state index is 0.0986. The summed E-state index contributed by atoms with van der Waals surface area (Å²) in [4.78, 5) is 22.4. The Kier molecular flexibility index (Phi) is 2.77. The molecule has 1 saturated carbocycles. The molecule has 1 atom stereocenters. The van der Waals surface area contributed by atoms with Crippen LogP contribution < -0.4 is 5.32 Å². The van der Waals surface area contributed by atoms with E-state index in [1.165, 1.54) is 12.1 Å². The third kappa shape index (κ3) is 1.80. The zero-order valence-corrected chi connectivity index (χ0v) is 10.6. The summed E-state index contributed by atoms with van der Waals surface area (Å²) in [7, 11) is 0. The molecule has 1 aliphatic heterocycles. The Labute approximate surface area is 111 Å². The first-order chi connectivity index (χ1) is 9.13. The third-order valence-electron chi connectivity index (χ3n) is 4.59. The number of nitro benzene ring substituents is 1. The number of carbonyl (C=O) groups excluding carboxylic acids is 1. The lowest BCUT2D eigenvalue weighted by atomic mass is 9.73. The number of carbonyl (C=O) groups is 1. The summed E-state index contributed by atoms with van der Waals surface area (Å²) in [5.74, 6) is 0.316. The molecule has 0 radical (unpaired) electrons.